The number of rotatable bonds is 7. The standard InChI is InChI=1S/C10H23NO2/c1-5-12-6-9(4)13-7-10(11)8(2)3/h8-10H,5-7,11H2,1-4H3. The van der Waals surface area contributed by atoms with Gasteiger partial charge in [0.05, 0.1) is 19.3 Å². The van der Waals surface area contributed by atoms with Gasteiger partial charge < -0.3 is 15.2 Å². The van der Waals surface area contributed by atoms with E-state index in [0.717, 1.165) is 6.61 Å². The first-order chi connectivity index (χ1) is 6.07. The van der Waals surface area contributed by atoms with Crippen molar-refractivity contribution in [2.75, 3.05) is 19.8 Å². The van der Waals surface area contributed by atoms with Crippen molar-refractivity contribution >= 4 is 0 Å². The van der Waals surface area contributed by atoms with Crippen LogP contribution >= 0.6 is 0 Å². The first-order valence-corrected chi connectivity index (χ1v) is 5.02. The van der Waals surface area contributed by atoms with Gasteiger partial charge in [0.15, 0.2) is 0 Å². The quantitative estimate of drug-likeness (QED) is 0.658. The van der Waals surface area contributed by atoms with Crippen LogP contribution in [-0.2, 0) is 9.47 Å². The van der Waals surface area contributed by atoms with E-state index >= 15 is 0 Å². The van der Waals surface area contributed by atoms with Crippen molar-refractivity contribution in [3.8, 4) is 0 Å². The second-order valence-corrected chi connectivity index (χ2v) is 3.71. The molecule has 2 atom stereocenters. The summed E-state index contributed by atoms with van der Waals surface area (Å²) in [7, 11) is 0. The van der Waals surface area contributed by atoms with Gasteiger partial charge in [0, 0.05) is 12.6 Å². The monoisotopic (exact) mass is 189 g/mol. The molecule has 0 amide bonds. The predicted octanol–water partition coefficient (Wildman–Crippen LogP) is 1.41. The van der Waals surface area contributed by atoms with Crippen LogP contribution in [0.1, 0.15) is 27.7 Å². The lowest BCUT2D eigenvalue weighted by Gasteiger charge is -2.19. The lowest BCUT2D eigenvalue weighted by atomic mass is 10.1. The molecule has 0 aromatic carbocycles. The van der Waals surface area contributed by atoms with Crippen molar-refractivity contribution in [1.29, 1.82) is 0 Å². The fourth-order valence-electron chi connectivity index (χ4n) is 0.800. The summed E-state index contributed by atoms with van der Waals surface area (Å²) in [6.07, 6.45) is 0.143. The van der Waals surface area contributed by atoms with Crippen molar-refractivity contribution in [1.82, 2.24) is 0 Å². The average molecular weight is 189 g/mol. The lowest BCUT2D eigenvalue weighted by Crippen LogP contribution is -2.34. The fourth-order valence-corrected chi connectivity index (χ4v) is 0.800. The van der Waals surface area contributed by atoms with Crippen LogP contribution < -0.4 is 5.73 Å². The summed E-state index contributed by atoms with van der Waals surface area (Å²) >= 11 is 0. The largest absolute Gasteiger partial charge is 0.379 e. The van der Waals surface area contributed by atoms with E-state index in [4.69, 9.17) is 15.2 Å². The molecule has 0 bridgehead atoms. The molecule has 0 rings (SSSR count). The number of hydrogen-bond acceptors (Lipinski definition) is 3. The van der Waals surface area contributed by atoms with Gasteiger partial charge in [-0.05, 0) is 19.8 Å². The zero-order valence-corrected chi connectivity index (χ0v) is 9.25. The average Bonchev–Trinajstić information content (AvgIpc) is 2.10. The third kappa shape index (κ3) is 6.99. The molecular weight excluding hydrogens is 166 g/mol. The highest BCUT2D eigenvalue weighted by molar-refractivity contribution is 4.64. The van der Waals surface area contributed by atoms with Crippen molar-refractivity contribution in [2.24, 2.45) is 11.7 Å². The van der Waals surface area contributed by atoms with E-state index in [-0.39, 0.29) is 12.1 Å². The Hall–Kier alpha value is -0.120. The van der Waals surface area contributed by atoms with Crippen LogP contribution in [0.15, 0.2) is 0 Å². The van der Waals surface area contributed by atoms with Gasteiger partial charge in [0.25, 0.3) is 0 Å². The maximum Gasteiger partial charge on any atom is 0.0781 e. The molecule has 0 aliphatic heterocycles. The molecule has 0 saturated heterocycles. The van der Waals surface area contributed by atoms with Crippen molar-refractivity contribution in [2.45, 2.75) is 39.8 Å². The van der Waals surface area contributed by atoms with E-state index in [1.54, 1.807) is 0 Å². The van der Waals surface area contributed by atoms with Gasteiger partial charge in [-0.3, -0.25) is 0 Å². The summed E-state index contributed by atoms with van der Waals surface area (Å²) in [6, 6.07) is 0.129. The third-order valence-corrected chi connectivity index (χ3v) is 1.99. The van der Waals surface area contributed by atoms with Gasteiger partial charge in [-0.2, -0.15) is 0 Å². The zero-order chi connectivity index (χ0) is 10.3. The van der Waals surface area contributed by atoms with E-state index < -0.39 is 0 Å². The molecule has 3 nitrogen and oxygen atoms in total. The molecule has 2 unspecified atom stereocenters. The predicted molar refractivity (Wildman–Crippen MR) is 54.7 cm³/mol. The molecule has 0 fully saturated rings. The smallest absolute Gasteiger partial charge is 0.0781 e. The van der Waals surface area contributed by atoms with Gasteiger partial charge in [0.1, 0.15) is 0 Å². The van der Waals surface area contributed by atoms with Crippen LogP contribution in [-0.4, -0.2) is 32.0 Å². The van der Waals surface area contributed by atoms with E-state index in [0.29, 0.717) is 19.1 Å². The zero-order valence-electron chi connectivity index (χ0n) is 9.25. The Bertz CT molecular complexity index is 117. The number of nitrogens with two attached hydrogens (primary N) is 1. The molecule has 0 heterocycles. The SMILES string of the molecule is CCOCC(C)OCC(N)C(C)C. The second-order valence-electron chi connectivity index (χ2n) is 3.71. The molecule has 0 saturated carbocycles. The van der Waals surface area contributed by atoms with E-state index in [9.17, 15) is 0 Å². The van der Waals surface area contributed by atoms with Gasteiger partial charge >= 0.3 is 0 Å². The Kier molecular flexibility index (Phi) is 7.23. The number of hydrogen-bond donors (Lipinski definition) is 1. The maximum absolute atomic E-state index is 5.83. The summed E-state index contributed by atoms with van der Waals surface area (Å²) in [6.45, 7) is 10.2. The van der Waals surface area contributed by atoms with E-state index in [1.807, 2.05) is 13.8 Å². The molecule has 0 aliphatic rings. The Morgan fingerprint density at radius 1 is 1.15 bits per heavy atom. The van der Waals surface area contributed by atoms with Crippen LogP contribution in [0.2, 0.25) is 0 Å². The minimum atomic E-state index is 0.129. The summed E-state index contributed by atoms with van der Waals surface area (Å²) in [5.74, 6) is 0.472. The lowest BCUT2D eigenvalue weighted by molar-refractivity contribution is -0.0117. The molecule has 0 aromatic rings. The fraction of sp³-hybridized carbons (Fsp3) is 1.00. The molecule has 0 spiro atoms. The Labute approximate surface area is 81.6 Å². The van der Waals surface area contributed by atoms with Gasteiger partial charge in [-0.15, -0.1) is 0 Å². The summed E-state index contributed by atoms with van der Waals surface area (Å²) in [4.78, 5) is 0. The van der Waals surface area contributed by atoms with Crippen LogP contribution in [0.5, 0.6) is 0 Å². The van der Waals surface area contributed by atoms with Gasteiger partial charge in [0.2, 0.25) is 0 Å². The topological polar surface area (TPSA) is 44.5 Å². The normalized spacial score (nSPS) is 16.2. The molecular formula is C10H23NO2. The Morgan fingerprint density at radius 3 is 2.23 bits per heavy atom. The molecule has 0 aliphatic carbocycles. The maximum atomic E-state index is 5.83. The summed E-state index contributed by atoms with van der Waals surface area (Å²) in [5, 5.41) is 0. The number of ether oxygens (including phenoxy) is 2. The van der Waals surface area contributed by atoms with Crippen LogP contribution in [0, 0.1) is 5.92 Å². The first-order valence-electron chi connectivity index (χ1n) is 5.02. The van der Waals surface area contributed by atoms with Crippen molar-refractivity contribution in [3.05, 3.63) is 0 Å². The first kappa shape index (κ1) is 12.9. The minimum Gasteiger partial charge on any atom is -0.379 e. The molecule has 2 N–H and O–H groups in total. The van der Waals surface area contributed by atoms with E-state index in [1.165, 1.54) is 0 Å². The Morgan fingerprint density at radius 2 is 1.77 bits per heavy atom. The highest BCUT2D eigenvalue weighted by Crippen LogP contribution is 2.01. The van der Waals surface area contributed by atoms with E-state index in [2.05, 4.69) is 13.8 Å². The summed E-state index contributed by atoms with van der Waals surface area (Å²) in [5.41, 5.74) is 5.83. The molecule has 3 heteroatoms. The second kappa shape index (κ2) is 7.30. The minimum absolute atomic E-state index is 0.129. The van der Waals surface area contributed by atoms with Crippen LogP contribution in [0.4, 0.5) is 0 Å². The Balaban J connectivity index is 3.40. The highest BCUT2D eigenvalue weighted by atomic mass is 16.5. The van der Waals surface area contributed by atoms with Crippen LogP contribution in [0.25, 0.3) is 0 Å². The third-order valence-electron chi connectivity index (χ3n) is 1.99. The van der Waals surface area contributed by atoms with Gasteiger partial charge in [-0.1, -0.05) is 13.8 Å². The molecule has 13 heavy (non-hydrogen) atoms. The van der Waals surface area contributed by atoms with Crippen molar-refractivity contribution in [3.63, 3.8) is 0 Å². The van der Waals surface area contributed by atoms with Crippen LogP contribution in [0.3, 0.4) is 0 Å². The van der Waals surface area contributed by atoms with Crippen molar-refractivity contribution < 1.29 is 9.47 Å². The molecule has 80 valence electrons. The highest BCUT2D eigenvalue weighted by Gasteiger charge is 2.09. The summed E-state index contributed by atoms with van der Waals surface area (Å²) < 4.78 is 10.7. The van der Waals surface area contributed by atoms with Gasteiger partial charge in [-0.25, -0.2) is 0 Å². The molecule has 0 radical (unpaired) electrons. The molecule has 0 aromatic heterocycles.